The fourth-order valence-corrected chi connectivity index (χ4v) is 3.10. The van der Waals surface area contributed by atoms with Gasteiger partial charge >= 0.3 is 0 Å². The molecular weight excluding hydrogens is 376 g/mol. The zero-order valence-electron chi connectivity index (χ0n) is 15.1. The first kappa shape index (κ1) is 18.5. The molecule has 3 aromatic rings. The second-order valence-corrected chi connectivity index (χ2v) is 6.44. The Morgan fingerprint density at radius 3 is 2.28 bits per heavy atom. The third kappa shape index (κ3) is 3.75. The third-order valence-electron chi connectivity index (χ3n) is 4.48. The molecule has 7 heteroatoms. The van der Waals surface area contributed by atoms with Crippen LogP contribution in [0.15, 0.2) is 78.8 Å². The van der Waals surface area contributed by atoms with Gasteiger partial charge in [0.15, 0.2) is 0 Å². The average Bonchev–Trinajstić information content (AvgIpc) is 2.94. The van der Waals surface area contributed by atoms with Crippen molar-refractivity contribution in [2.24, 2.45) is 0 Å². The summed E-state index contributed by atoms with van der Waals surface area (Å²) in [4.78, 5) is 31.2. The predicted octanol–water partition coefficient (Wildman–Crippen LogP) is 3.75. The summed E-state index contributed by atoms with van der Waals surface area (Å²) in [6.07, 6.45) is 3.14. The highest BCUT2D eigenvalue weighted by molar-refractivity contribution is 6.36. The lowest BCUT2D eigenvalue weighted by Gasteiger charge is -2.15. The van der Waals surface area contributed by atoms with Gasteiger partial charge in [-0.15, -0.1) is 0 Å². The van der Waals surface area contributed by atoms with Crippen molar-refractivity contribution in [1.29, 1.82) is 0 Å². The number of nitrogens with zero attached hydrogens (tertiary/aromatic N) is 2. The summed E-state index contributed by atoms with van der Waals surface area (Å²) in [5.74, 6) is -2.00. The summed E-state index contributed by atoms with van der Waals surface area (Å²) in [6.45, 7) is 0.0548. The van der Waals surface area contributed by atoms with Gasteiger partial charge in [-0.05, 0) is 53.6 Å². The van der Waals surface area contributed by atoms with Crippen LogP contribution in [0.2, 0.25) is 0 Å². The topological polar surface area (TPSA) is 62.3 Å². The first-order chi connectivity index (χ1) is 14.0. The molecule has 0 bridgehead atoms. The normalized spacial score (nSPS) is 13.9. The minimum atomic E-state index is -0.546. The van der Waals surface area contributed by atoms with Crippen LogP contribution in [0.5, 0.6) is 0 Å². The molecule has 1 aromatic heterocycles. The van der Waals surface area contributed by atoms with Gasteiger partial charge in [-0.3, -0.25) is 19.5 Å². The molecule has 0 saturated carbocycles. The minimum Gasteiger partial charge on any atom is -0.350 e. The van der Waals surface area contributed by atoms with Crippen LogP contribution in [-0.2, 0) is 16.1 Å². The van der Waals surface area contributed by atoms with E-state index in [2.05, 4.69) is 10.3 Å². The van der Waals surface area contributed by atoms with Crippen LogP contribution in [0.4, 0.5) is 14.5 Å². The highest BCUT2D eigenvalue weighted by Gasteiger charge is 2.39. The zero-order chi connectivity index (χ0) is 20.4. The first-order valence-corrected chi connectivity index (χ1v) is 8.81. The lowest BCUT2D eigenvalue weighted by molar-refractivity contribution is -0.137. The number of aromatic nitrogens is 1. The highest BCUT2D eigenvalue weighted by Crippen LogP contribution is 2.31. The number of benzene rings is 2. The van der Waals surface area contributed by atoms with Crippen molar-refractivity contribution in [2.45, 2.75) is 6.54 Å². The van der Waals surface area contributed by atoms with E-state index in [-0.39, 0.29) is 17.8 Å². The van der Waals surface area contributed by atoms with E-state index >= 15 is 0 Å². The monoisotopic (exact) mass is 391 g/mol. The number of pyridine rings is 1. The molecule has 0 fully saturated rings. The standard InChI is InChI=1S/C22H15F2N3O2/c23-16-6-4-15(5-7-16)19-20(26-18-3-1-2-17(24)12-18)22(29)27(21(19)28)13-14-8-10-25-11-9-14/h1-12,26H,13H2. The fourth-order valence-electron chi connectivity index (χ4n) is 3.10. The molecular formula is C22H15F2N3O2. The van der Waals surface area contributed by atoms with Gasteiger partial charge in [0.2, 0.25) is 0 Å². The second-order valence-electron chi connectivity index (χ2n) is 6.44. The largest absolute Gasteiger partial charge is 0.350 e. The number of imide groups is 1. The van der Waals surface area contributed by atoms with Crippen molar-refractivity contribution in [1.82, 2.24) is 9.88 Å². The average molecular weight is 391 g/mol. The maximum Gasteiger partial charge on any atom is 0.278 e. The lowest BCUT2D eigenvalue weighted by atomic mass is 10.0. The molecule has 1 aliphatic heterocycles. The summed E-state index contributed by atoms with van der Waals surface area (Å²) in [5, 5.41) is 2.86. The van der Waals surface area contributed by atoms with Crippen LogP contribution in [0.25, 0.3) is 5.57 Å². The van der Waals surface area contributed by atoms with Crippen LogP contribution in [0, 0.1) is 11.6 Å². The molecule has 4 rings (SSSR count). The number of amides is 2. The number of carbonyl (C=O) groups excluding carboxylic acids is 2. The van der Waals surface area contributed by atoms with E-state index in [4.69, 9.17) is 0 Å². The van der Waals surface area contributed by atoms with Crippen LogP contribution >= 0.6 is 0 Å². The molecule has 0 aliphatic carbocycles. The van der Waals surface area contributed by atoms with Gasteiger partial charge in [0.25, 0.3) is 11.8 Å². The molecule has 144 valence electrons. The summed E-state index contributed by atoms with van der Waals surface area (Å²) < 4.78 is 26.9. The summed E-state index contributed by atoms with van der Waals surface area (Å²) in [5.41, 5.74) is 1.56. The number of halogens is 2. The van der Waals surface area contributed by atoms with E-state index in [0.29, 0.717) is 11.3 Å². The van der Waals surface area contributed by atoms with Gasteiger partial charge < -0.3 is 5.32 Å². The Bertz CT molecular complexity index is 1110. The Labute approximate surface area is 165 Å². The summed E-state index contributed by atoms with van der Waals surface area (Å²) >= 11 is 0. The third-order valence-corrected chi connectivity index (χ3v) is 4.48. The molecule has 2 heterocycles. The Morgan fingerprint density at radius 1 is 0.862 bits per heavy atom. The van der Waals surface area contributed by atoms with E-state index in [0.717, 1.165) is 10.5 Å². The van der Waals surface area contributed by atoms with Crippen molar-refractivity contribution in [3.05, 3.63) is 102 Å². The maximum atomic E-state index is 13.6. The van der Waals surface area contributed by atoms with Gasteiger partial charge in [-0.2, -0.15) is 0 Å². The second kappa shape index (κ2) is 7.63. The molecule has 2 aromatic carbocycles. The van der Waals surface area contributed by atoms with Crippen molar-refractivity contribution in [3.63, 3.8) is 0 Å². The quantitative estimate of drug-likeness (QED) is 0.673. The van der Waals surface area contributed by atoms with E-state index in [9.17, 15) is 18.4 Å². The molecule has 0 spiro atoms. The van der Waals surface area contributed by atoms with Crippen molar-refractivity contribution in [3.8, 4) is 0 Å². The number of hydrogen-bond donors (Lipinski definition) is 1. The number of hydrogen-bond acceptors (Lipinski definition) is 4. The van der Waals surface area contributed by atoms with Gasteiger partial charge in [-0.1, -0.05) is 18.2 Å². The van der Waals surface area contributed by atoms with Crippen molar-refractivity contribution in [2.75, 3.05) is 5.32 Å². The van der Waals surface area contributed by atoms with Crippen LogP contribution in [0.3, 0.4) is 0 Å². The number of anilines is 1. The molecule has 5 nitrogen and oxygen atoms in total. The molecule has 1 N–H and O–H groups in total. The smallest absolute Gasteiger partial charge is 0.278 e. The van der Waals surface area contributed by atoms with Crippen LogP contribution < -0.4 is 5.32 Å². The molecule has 0 unspecified atom stereocenters. The van der Waals surface area contributed by atoms with Crippen molar-refractivity contribution >= 4 is 23.1 Å². The fraction of sp³-hybridized carbons (Fsp3) is 0.0455. The molecule has 0 saturated heterocycles. The van der Waals surface area contributed by atoms with Crippen molar-refractivity contribution < 1.29 is 18.4 Å². The molecule has 0 radical (unpaired) electrons. The first-order valence-electron chi connectivity index (χ1n) is 8.81. The molecule has 1 aliphatic rings. The van der Waals surface area contributed by atoms with E-state index < -0.39 is 23.4 Å². The number of rotatable bonds is 5. The van der Waals surface area contributed by atoms with Crippen LogP contribution in [0.1, 0.15) is 11.1 Å². The van der Waals surface area contributed by atoms with Gasteiger partial charge in [-0.25, -0.2) is 8.78 Å². The Morgan fingerprint density at radius 2 is 1.59 bits per heavy atom. The van der Waals surface area contributed by atoms with Gasteiger partial charge in [0, 0.05) is 18.1 Å². The Balaban J connectivity index is 1.75. The predicted molar refractivity (Wildman–Crippen MR) is 103 cm³/mol. The number of carbonyl (C=O) groups is 2. The van der Waals surface area contributed by atoms with E-state index in [1.54, 1.807) is 30.6 Å². The lowest BCUT2D eigenvalue weighted by Crippen LogP contribution is -2.32. The van der Waals surface area contributed by atoms with Gasteiger partial charge in [0.1, 0.15) is 17.3 Å². The van der Waals surface area contributed by atoms with E-state index in [1.165, 1.54) is 42.5 Å². The van der Waals surface area contributed by atoms with E-state index in [1.807, 2.05) is 0 Å². The Kier molecular flexibility index (Phi) is 4.87. The summed E-state index contributed by atoms with van der Waals surface area (Å²) in [7, 11) is 0. The SMILES string of the molecule is O=C1C(Nc2cccc(F)c2)=C(c2ccc(F)cc2)C(=O)N1Cc1ccncc1. The molecule has 0 atom stereocenters. The maximum absolute atomic E-state index is 13.6. The summed E-state index contributed by atoms with van der Waals surface area (Å²) in [6, 6.07) is 14.3. The Hall–Kier alpha value is -3.87. The van der Waals surface area contributed by atoms with Gasteiger partial charge in [0.05, 0.1) is 12.1 Å². The zero-order valence-corrected chi connectivity index (χ0v) is 15.1. The highest BCUT2D eigenvalue weighted by atomic mass is 19.1. The number of nitrogens with one attached hydrogen (secondary N) is 1. The molecule has 2 amide bonds. The minimum absolute atomic E-state index is 0.0151. The van der Waals surface area contributed by atoms with Crippen LogP contribution in [-0.4, -0.2) is 21.7 Å². The molecule has 29 heavy (non-hydrogen) atoms.